The van der Waals surface area contributed by atoms with Crippen LogP contribution in [0.25, 0.3) is 0 Å². The number of halogens is 3. The molecule has 21 heavy (non-hydrogen) atoms. The number of ether oxygens (including phenoxy) is 2. The van der Waals surface area contributed by atoms with E-state index in [4.69, 9.17) is 15.2 Å². The Morgan fingerprint density at radius 1 is 1.14 bits per heavy atom. The second-order valence-corrected chi connectivity index (χ2v) is 4.30. The van der Waals surface area contributed by atoms with Crippen molar-refractivity contribution in [3.8, 4) is 0 Å². The number of anilines is 2. The number of nitrogens with zero attached hydrogens (tertiary/aromatic N) is 3. The Labute approximate surface area is 121 Å². The van der Waals surface area contributed by atoms with E-state index in [0.717, 1.165) is 0 Å². The fraction of sp³-hybridized carbons (Fsp3) is 0.667. The van der Waals surface area contributed by atoms with E-state index < -0.39 is 12.0 Å². The molecule has 0 amide bonds. The lowest BCUT2D eigenvalue weighted by Crippen LogP contribution is -2.31. The van der Waals surface area contributed by atoms with E-state index in [0.29, 0.717) is 32.7 Å². The molecule has 1 rings (SSSR count). The molecule has 1 aromatic heterocycles. The van der Waals surface area contributed by atoms with Crippen molar-refractivity contribution in [3.63, 3.8) is 0 Å². The third-order valence-electron chi connectivity index (χ3n) is 2.65. The Morgan fingerprint density at radius 3 is 2.38 bits per heavy atom. The SMILES string of the molecule is COCCCN(CCOC)c1cc(N)nc(C(F)(F)F)n1. The van der Waals surface area contributed by atoms with Crippen LogP contribution in [0.1, 0.15) is 12.2 Å². The molecule has 120 valence electrons. The van der Waals surface area contributed by atoms with Crippen LogP contribution in [0.3, 0.4) is 0 Å². The second kappa shape index (κ2) is 7.99. The highest BCUT2D eigenvalue weighted by Gasteiger charge is 2.35. The van der Waals surface area contributed by atoms with Crippen molar-refractivity contribution in [2.24, 2.45) is 0 Å². The van der Waals surface area contributed by atoms with Gasteiger partial charge in [0.2, 0.25) is 5.82 Å². The molecule has 2 N–H and O–H groups in total. The van der Waals surface area contributed by atoms with Gasteiger partial charge in [0.15, 0.2) is 0 Å². The van der Waals surface area contributed by atoms with E-state index in [-0.39, 0.29) is 11.6 Å². The van der Waals surface area contributed by atoms with Crippen molar-refractivity contribution in [2.45, 2.75) is 12.6 Å². The molecular formula is C12H19F3N4O2. The Morgan fingerprint density at radius 2 is 1.81 bits per heavy atom. The average molecular weight is 308 g/mol. The topological polar surface area (TPSA) is 73.5 Å². The van der Waals surface area contributed by atoms with Gasteiger partial charge in [-0.05, 0) is 6.42 Å². The first-order chi connectivity index (χ1) is 9.88. The molecule has 0 aliphatic rings. The summed E-state index contributed by atoms with van der Waals surface area (Å²) >= 11 is 0. The van der Waals surface area contributed by atoms with E-state index in [2.05, 4.69) is 9.97 Å². The van der Waals surface area contributed by atoms with Crippen LogP contribution in [-0.4, -0.2) is 50.5 Å². The van der Waals surface area contributed by atoms with Gasteiger partial charge < -0.3 is 20.1 Å². The van der Waals surface area contributed by atoms with Crippen LogP contribution in [0.15, 0.2) is 6.07 Å². The minimum absolute atomic E-state index is 0.128. The summed E-state index contributed by atoms with van der Waals surface area (Å²) in [5.74, 6) is -1.34. The van der Waals surface area contributed by atoms with Crippen LogP contribution < -0.4 is 10.6 Å². The summed E-state index contributed by atoms with van der Waals surface area (Å²) in [4.78, 5) is 8.44. The van der Waals surface area contributed by atoms with Crippen LogP contribution in [-0.2, 0) is 15.7 Å². The first-order valence-corrected chi connectivity index (χ1v) is 6.33. The van der Waals surface area contributed by atoms with Crippen LogP contribution in [0, 0.1) is 0 Å². The summed E-state index contributed by atoms with van der Waals surface area (Å²) < 4.78 is 48.1. The van der Waals surface area contributed by atoms with Crippen LogP contribution >= 0.6 is 0 Å². The van der Waals surface area contributed by atoms with Crippen LogP contribution in [0.5, 0.6) is 0 Å². The third-order valence-corrected chi connectivity index (χ3v) is 2.65. The van der Waals surface area contributed by atoms with Gasteiger partial charge in [-0.15, -0.1) is 0 Å². The Bertz CT molecular complexity index is 443. The minimum atomic E-state index is -4.64. The van der Waals surface area contributed by atoms with Crippen molar-refractivity contribution in [2.75, 3.05) is 51.2 Å². The number of nitrogens with two attached hydrogens (primary N) is 1. The molecule has 0 saturated heterocycles. The molecule has 6 nitrogen and oxygen atoms in total. The van der Waals surface area contributed by atoms with E-state index in [1.54, 1.807) is 12.0 Å². The summed E-state index contributed by atoms with van der Waals surface area (Å²) in [7, 11) is 3.08. The van der Waals surface area contributed by atoms with Crippen molar-refractivity contribution in [1.29, 1.82) is 0 Å². The van der Waals surface area contributed by atoms with E-state index in [9.17, 15) is 13.2 Å². The van der Waals surface area contributed by atoms with Gasteiger partial charge in [-0.2, -0.15) is 13.2 Å². The largest absolute Gasteiger partial charge is 0.451 e. The quantitative estimate of drug-likeness (QED) is 0.735. The fourth-order valence-electron chi connectivity index (χ4n) is 1.68. The van der Waals surface area contributed by atoms with Crippen LogP contribution in [0.4, 0.5) is 24.8 Å². The minimum Gasteiger partial charge on any atom is -0.385 e. The molecule has 0 aliphatic carbocycles. The van der Waals surface area contributed by atoms with Crippen molar-refractivity contribution in [1.82, 2.24) is 9.97 Å². The maximum Gasteiger partial charge on any atom is 0.451 e. The summed E-state index contributed by atoms with van der Waals surface area (Å²) in [6, 6.07) is 1.32. The standard InChI is InChI=1S/C12H19F3N4O2/c1-20-6-3-4-19(5-7-21-2)10-8-9(16)17-11(18-10)12(13,14)15/h8H,3-7H2,1-2H3,(H2,16,17,18). The highest BCUT2D eigenvalue weighted by Crippen LogP contribution is 2.28. The van der Waals surface area contributed by atoms with Gasteiger partial charge in [-0.1, -0.05) is 0 Å². The summed E-state index contributed by atoms with van der Waals surface area (Å²) in [5, 5.41) is 0. The maximum atomic E-state index is 12.7. The van der Waals surface area contributed by atoms with Gasteiger partial charge in [0.1, 0.15) is 11.6 Å². The van der Waals surface area contributed by atoms with Gasteiger partial charge >= 0.3 is 6.18 Å². The molecule has 1 aromatic rings. The summed E-state index contributed by atoms with van der Waals surface area (Å²) in [6.45, 7) is 1.73. The number of methoxy groups -OCH3 is 2. The molecule has 0 radical (unpaired) electrons. The van der Waals surface area contributed by atoms with E-state index >= 15 is 0 Å². The Balaban J connectivity index is 2.96. The van der Waals surface area contributed by atoms with Gasteiger partial charge in [0.05, 0.1) is 6.61 Å². The lowest BCUT2D eigenvalue weighted by Gasteiger charge is -2.24. The molecule has 0 aromatic carbocycles. The van der Waals surface area contributed by atoms with E-state index in [1.165, 1.54) is 13.2 Å². The molecule has 0 spiro atoms. The number of alkyl halides is 3. The lowest BCUT2D eigenvalue weighted by atomic mass is 10.3. The van der Waals surface area contributed by atoms with E-state index in [1.807, 2.05) is 0 Å². The summed E-state index contributed by atoms with van der Waals surface area (Å²) in [6.07, 6.45) is -3.99. The average Bonchev–Trinajstić information content (AvgIpc) is 2.41. The molecule has 0 atom stereocenters. The highest BCUT2D eigenvalue weighted by molar-refractivity contribution is 5.47. The number of hydrogen-bond donors (Lipinski definition) is 1. The molecule has 0 unspecified atom stereocenters. The second-order valence-electron chi connectivity index (χ2n) is 4.30. The molecule has 0 bridgehead atoms. The molecule has 1 heterocycles. The maximum absolute atomic E-state index is 12.7. The van der Waals surface area contributed by atoms with Gasteiger partial charge in [0.25, 0.3) is 0 Å². The van der Waals surface area contributed by atoms with Crippen molar-refractivity contribution >= 4 is 11.6 Å². The highest BCUT2D eigenvalue weighted by atomic mass is 19.4. The van der Waals surface area contributed by atoms with Gasteiger partial charge in [-0.25, -0.2) is 9.97 Å². The molecule has 0 fully saturated rings. The van der Waals surface area contributed by atoms with Crippen molar-refractivity contribution < 1.29 is 22.6 Å². The van der Waals surface area contributed by atoms with Crippen LogP contribution in [0.2, 0.25) is 0 Å². The molecule has 0 saturated carbocycles. The monoisotopic (exact) mass is 308 g/mol. The molecule has 0 aliphatic heterocycles. The number of aromatic nitrogens is 2. The zero-order chi connectivity index (χ0) is 15.9. The van der Waals surface area contributed by atoms with Gasteiger partial charge in [-0.3, -0.25) is 0 Å². The predicted molar refractivity (Wildman–Crippen MR) is 72.0 cm³/mol. The Kier molecular flexibility index (Phi) is 6.63. The third kappa shape index (κ3) is 5.72. The first kappa shape index (κ1) is 17.4. The van der Waals surface area contributed by atoms with Gasteiger partial charge in [0, 0.05) is 40.0 Å². The molecule has 9 heteroatoms. The fourth-order valence-corrected chi connectivity index (χ4v) is 1.68. The number of rotatable bonds is 8. The zero-order valence-electron chi connectivity index (χ0n) is 12.0. The first-order valence-electron chi connectivity index (χ1n) is 6.33. The normalized spacial score (nSPS) is 11.7. The van der Waals surface area contributed by atoms with Crippen molar-refractivity contribution in [3.05, 3.63) is 11.9 Å². The summed E-state index contributed by atoms with van der Waals surface area (Å²) in [5.41, 5.74) is 5.44. The smallest absolute Gasteiger partial charge is 0.385 e. The Hall–Kier alpha value is -1.61. The molecular weight excluding hydrogens is 289 g/mol. The number of nitrogen functional groups attached to an aromatic ring is 1. The number of hydrogen-bond acceptors (Lipinski definition) is 6. The predicted octanol–water partition coefficient (Wildman–Crippen LogP) is 1.57. The lowest BCUT2D eigenvalue weighted by molar-refractivity contribution is -0.144. The zero-order valence-corrected chi connectivity index (χ0v) is 12.0.